The lowest BCUT2D eigenvalue weighted by Gasteiger charge is -2.12. The number of hydrogen-bond donors (Lipinski definition) is 1. The zero-order valence-electron chi connectivity index (χ0n) is 4.65. The summed E-state index contributed by atoms with van der Waals surface area (Å²) in [5, 5.41) is 3.15. The third-order valence-electron chi connectivity index (χ3n) is 1.24. The van der Waals surface area contributed by atoms with Crippen molar-refractivity contribution < 1.29 is 0 Å². The maximum absolute atomic E-state index is 3.15. The van der Waals surface area contributed by atoms with Gasteiger partial charge in [-0.3, -0.25) is 0 Å². The molecule has 1 aliphatic rings. The standard InChI is InChI=1S/C6H11N/c1-6-3-2-4-7-5-6/h2,4,6-7H,3,5H2,1H3/t6-/m0/s1. The Morgan fingerprint density at radius 1 is 1.71 bits per heavy atom. The molecule has 0 fully saturated rings. The van der Waals surface area contributed by atoms with E-state index in [0.29, 0.717) is 0 Å². The average molecular weight is 97.2 g/mol. The second-order valence-electron chi connectivity index (χ2n) is 2.15. The van der Waals surface area contributed by atoms with Crippen LogP contribution < -0.4 is 5.32 Å². The van der Waals surface area contributed by atoms with Gasteiger partial charge in [-0.25, -0.2) is 0 Å². The van der Waals surface area contributed by atoms with Crippen molar-refractivity contribution in [1.82, 2.24) is 5.32 Å². The number of allylic oxidation sites excluding steroid dienone is 1. The molecule has 1 nitrogen and oxygen atoms in total. The van der Waals surface area contributed by atoms with Crippen molar-refractivity contribution in [2.24, 2.45) is 5.92 Å². The normalized spacial score (nSPS) is 29.6. The van der Waals surface area contributed by atoms with E-state index in [1.807, 2.05) is 6.20 Å². The lowest BCUT2D eigenvalue weighted by molar-refractivity contribution is 0.541. The van der Waals surface area contributed by atoms with Crippen LogP contribution in [0.1, 0.15) is 13.3 Å². The monoisotopic (exact) mass is 97.1 g/mol. The Hall–Kier alpha value is -0.460. The average Bonchev–Trinajstić information content (AvgIpc) is 1.69. The van der Waals surface area contributed by atoms with E-state index >= 15 is 0 Å². The number of nitrogens with one attached hydrogen (secondary N) is 1. The molecule has 0 amide bonds. The molecule has 0 spiro atoms. The first kappa shape index (κ1) is 4.69. The van der Waals surface area contributed by atoms with Gasteiger partial charge in [0.05, 0.1) is 0 Å². The van der Waals surface area contributed by atoms with Crippen LogP contribution in [0.3, 0.4) is 0 Å². The Morgan fingerprint density at radius 3 is 2.86 bits per heavy atom. The molecule has 0 bridgehead atoms. The molecule has 0 aromatic rings. The van der Waals surface area contributed by atoms with Crippen LogP contribution in [0.25, 0.3) is 0 Å². The van der Waals surface area contributed by atoms with Crippen LogP contribution in [0.2, 0.25) is 0 Å². The summed E-state index contributed by atoms with van der Waals surface area (Å²) in [5.74, 6) is 0.838. The summed E-state index contributed by atoms with van der Waals surface area (Å²) in [6, 6.07) is 0. The molecule has 1 N–H and O–H groups in total. The van der Waals surface area contributed by atoms with E-state index in [4.69, 9.17) is 0 Å². The Morgan fingerprint density at radius 2 is 2.57 bits per heavy atom. The van der Waals surface area contributed by atoms with Gasteiger partial charge in [0.2, 0.25) is 0 Å². The van der Waals surface area contributed by atoms with Crippen molar-refractivity contribution in [3.8, 4) is 0 Å². The Bertz CT molecular complexity index is 76.2. The highest BCUT2D eigenvalue weighted by Gasteiger charge is 1.99. The minimum atomic E-state index is 0.838. The topological polar surface area (TPSA) is 12.0 Å². The highest BCUT2D eigenvalue weighted by Crippen LogP contribution is 2.03. The van der Waals surface area contributed by atoms with E-state index < -0.39 is 0 Å². The molecule has 1 heteroatoms. The van der Waals surface area contributed by atoms with Gasteiger partial charge in [-0.05, 0) is 18.5 Å². The van der Waals surface area contributed by atoms with Crippen LogP contribution in [-0.2, 0) is 0 Å². The molecule has 0 radical (unpaired) electrons. The van der Waals surface area contributed by atoms with Crippen molar-refractivity contribution in [1.29, 1.82) is 0 Å². The van der Waals surface area contributed by atoms with Crippen LogP contribution in [0.15, 0.2) is 12.3 Å². The molecule has 1 heterocycles. The maximum Gasteiger partial charge on any atom is 0.0170 e. The molecular formula is C6H11N. The molecule has 0 aromatic carbocycles. The quantitative estimate of drug-likeness (QED) is 0.477. The van der Waals surface area contributed by atoms with Gasteiger partial charge in [0.1, 0.15) is 0 Å². The fourth-order valence-corrected chi connectivity index (χ4v) is 0.736. The number of rotatable bonds is 0. The van der Waals surface area contributed by atoms with Gasteiger partial charge in [0.25, 0.3) is 0 Å². The minimum absolute atomic E-state index is 0.838. The highest BCUT2D eigenvalue weighted by atomic mass is 14.8. The van der Waals surface area contributed by atoms with Crippen molar-refractivity contribution >= 4 is 0 Å². The molecule has 7 heavy (non-hydrogen) atoms. The van der Waals surface area contributed by atoms with Crippen LogP contribution in [0.4, 0.5) is 0 Å². The van der Waals surface area contributed by atoms with Crippen LogP contribution in [-0.4, -0.2) is 6.54 Å². The molecule has 0 unspecified atom stereocenters. The summed E-state index contributed by atoms with van der Waals surface area (Å²) in [4.78, 5) is 0. The van der Waals surface area contributed by atoms with E-state index in [1.165, 1.54) is 6.42 Å². The molecule has 40 valence electrons. The summed E-state index contributed by atoms with van der Waals surface area (Å²) < 4.78 is 0. The summed E-state index contributed by atoms with van der Waals surface area (Å²) in [6.07, 6.45) is 5.45. The van der Waals surface area contributed by atoms with Crippen molar-refractivity contribution in [3.05, 3.63) is 12.3 Å². The SMILES string of the molecule is C[C@H]1CC=CNC1. The van der Waals surface area contributed by atoms with Gasteiger partial charge in [-0.15, -0.1) is 0 Å². The first-order chi connectivity index (χ1) is 3.39. The molecular weight excluding hydrogens is 86.1 g/mol. The Kier molecular flexibility index (Phi) is 1.35. The van der Waals surface area contributed by atoms with Crippen LogP contribution in [0, 0.1) is 5.92 Å². The third kappa shape index (κ3) is 1.22. The third-order valence-corrected chi connectivity index (χ3v) is 1.24. The highest BCUT2D eigenvalue weighted by molar-refractivity contribution is 4.87. The predicted octanol–water partition coefficient (Wildman–Crippen LogP) is 1.13. The summed E-state index contributed by atoms with van der Waals surface area (Å²) in [7, 11) is 0. The van der Waals surface area contributed by atoms with Crippen molar-refractivity contribution in [3.63, 3.8) is 0 Å². The predicted molar refractivity (Wildman–Crippen MR) is 30.9 cm³/mol. The van der Waals surface area contributed by atoms with E-state index in [9.17, 15) is 0 Å². The van der Waals surface area contributed by atoms with Crippen molar-refractivity contribution in [2.75, 3.05) is 6.54 Å². The van der Waals surface area contributed by atoms with Gasteiger partial charge in [-0.2, -0.15) is 0 Å². The van der Waals surface area contributed by atoms with Gasteiger partial charge < -0.3 is 5.32 Å². The molecule has 0 saturated carbocycles. The fraction of sp³-hybridized carbons (Fsp3) is 0.667. The molecule has 0 aliphatic carbocycles. The zero-order chi connectivity index (χ0) is 5.11. The largest absolute Gasteiger partial charge is 0.391 e. The zero-order valence-corrected chi connectivity index (χ0v) is 4.65. The van der Waals surface area contributed by atoms with Crippen LogP contribution in [0.5, 0.6) is 0 Å². The molecule has 0 saturated heterocycles. The van der Waals surface area contributed by atoms with Crippen LogP contribution >= 0.6 is 0 Å². The van der Waals surface area contributed by atoms with E-state index in [1.54, 1.807) is 0 Å². The Labute approximate surface area is 44.4 Å². The van der Waals surface area contributed by atoms with Gasteiger partial charge in [0.15, 0.2) is 0 Å². The van der Waals surface area contributed by atoms with E-state index in [2.05, 4.69) is 18.3 Å². The number of hydrogen-bond acceptors (Lipinski definition) is 1. The van der Waals surface area contributed by atoms with Gasteiger partial charge in [0, 0.05) is 6.54 Å². The Balaban J connectivity index is 2.32. The van der Waals surface area contributed by atoms with Gasteiger partial charge >= 0.3 is 0 Å². The fourth-order valence-electron chi connectivity index (χ4n) is 0.736. The lowest BCUT2D eigenvalue weighted by atomic mass is 10.1. The first-order valence-electron chi connectivity index (χ1n) is 2.78. The van der Waals surface area contributed by atoms with Crippen molar-refractivity contribution in [2.45, 2.75) is 13.3 Å². The van der Waals surface area contributed by atoms with E-state index in [-0.39, 0.29) is 0 Å². The summed E-state index contributed by atoms with van der Waals surface area (Å²) in [5.41, 5.74) is 0. The minimum Gasteiger partial charge on any atom is -0.391 e. The lowest BCUT2D eigenvalue weighted by Crippen LogP contribution is -2.18. The first-order valence-corrected chi connectivity index (χ1v) is 2.78. The summed E-state index contributed by atoms with van der Waals surface area (Å²) in [6.45, 7) is 3.40. The van der Waals surface area contributed by atoms with E-state index in [0.717, 1.165) is 12.5 Å². The molecule has 1 rings (SSSR count). The molecule has 1 atom stereocenters. The molecule has 0 aromatic heterocycles. The second-order valence-corrected chi connectivity index (χ2v) is 2.15. The summed E-state index contributed by atoms with van der Waals surface area (Å²) >= 11 is 0. The molecule has 1 aliphatic heterocycles. The van der Waals surface area contributed by atoms with Gasteiger partial charge in [-0.1, -0.05) is 13.0 Å². The smallest absolute Gasteiger partial charge is 0.0170 e. The second kappa shape index (κ2) is 2.01. The maximum atomic E-state index is 3.15.